The first-order valence-electron chi connectivity index (χ1n) is 10.6. The van der Waals surface area contributed by atoms with Gasteiger partial charge >= 0.3 is 0 Å². The van der Waals surface area contributed by atoms with Crippen LogP contribution in [0.25, 0.3) is 27.7 Å². The van der Waals surface area contributed by atoms with Gasteiger partial charge in [0.05, 0.1) is 23.2 Å². The summed E-state index contributed by atoms with van der Waals surface area (Å²) in [5, 5.41) is 4.06. The van der Waals surface area contributed by atoms with E-state index >= 15 is 4.39 Å². The van der Waals surface area contributed by atoms with Gasteiger partial charge in [-0.05, 0) is 48.5 Å². The molecule has 8 nitrogen and oxygen atoms in total. The molecule has 0 aliphatic carbocycles. The molecule has 1 N–H and O–H groups in total. The topological polar surface area (TPSA) is 103 Å². The van der Waals surface area contributed by atoms with E-state index in [0.29, 0.717) is 5.39 Å². The summed E-state index contributed by atoms with van der Waals surface area (Å²) >= 11 is 5.81. The number of methoxy groups -OCH3 is 1. The summed E-state index contributed by atoms with van der Waals surface area (Å²) < 4.78 is 68.8. The highest BCUT2D eigenvalue weighted by Crippen LogP contribution is 2.35. The minimum Gasteiger partial charge on any atom is -0.495 e. The molecule has 2 heterocycles. The number of nitrogens with zero attached hydrogens (tertiary/aromatic N) is 2. The Morgan fingerprint density at radius 3 is 2.46 bits per heavy atom. The first kappa shape index (κ1) is 24.5. The number of benzene rings is 3. The summed E-state index contributed by atoms with van der Waals surface area (Å²) in [7, 11) is -2.69. The highest BCUT2D eigenvalue weighted by Gasteiger charge is 2.20. The SMILES string of the molecule is COc1cc(-c2ccc(Cl)cc2F)c(F)cc1-n1c(=O)ccc2cc(S(=O)(=O)Nc3ccon3)ccc21. The van der Waals surface area contributed by atoms with E-state index in [9.17, 15) is 17.6 Å². The molecule has 0 amide bonds. The lowest BCUT2D eigenvalue weighted by Gasteiger charge is -2.17. The zero-order valence-corrected chi connectivity index (χ0v) is 20.5. The fourth-order valence-corrected chi connectivity index (χ4v) is 5.08. The number of pyridine rings is 1. The first-order chi connectivity index (χ1) is 17.7. The van der Waals surface area contributed by atoms with Crippen LogP contribution in [0.4, 0.5) is 14.6 Å². The summed E-state index contributed by atoms with van der Waals surface area (Å²) in [5.41, 5.74) is -0.310. The lowest BCUT2D eigenvalue weighted by molar-refractivity contribution is 0.412. The maximum atomic E-state index is 15.3. The summed E-state index contributed by atoms with van der Waals surface area (Å²) in [6, 6.07) is 14.2. The molecular weight excluding hydrogens is 528 g/mol. The number of hydrogen-bond acceptors (Lipinski definition) is 6. The standard InChI is InChI=1S/C25H16ClF2N3O5S/c1-35-23-12-18(17-5-3-15(26)11-19(17)27)20(28)13-22(23)31-21-6-4-16(10-14(21)2-7-25(31)32)37(33,34)30-24-8-9-36-29-24/h2-13H,1H3,(H,29,30). The van der Waals surface area contributed by atoms with Crippen LogP contribution in [0, 0.1) is 11.6 Å². The Hall–Kier alpha value is -4.22. The molecule has 0 aliphatic rings. The molecule has 188 valence electrons. The number of rotatable bonds is 6. The van der Waals surface area contributed by atoms with Crippen molar-refractivity contribution in [3.63, 3.8) is 0 Å². The molecule has 0 spiro atoms. The van der Waals surface area contributed by atoms with Crippen molar-refractivity contribution in [2.24, 2.45) is 0 Å². The molecule has 0 saturated heterocycles. The van der Waals surface area contributed by atoms with Gasteiger partial charge in [-0.1, -0.05) is 16.8 Å². The van der Waals surface area contributed by atoms with Gasteiger partial charge in [0.25, 0.3) is 15.6 Å². The minimum absolute atomic E-state index is 0.00231. The third-order valence-electron chi connectivity index (χ3n) is 5.58. The monoisotopic (exact) mass is 543 g/mol. The predicted octanol–water partition coefficient (Wildman–Crippen LogP) is 5.39. The fraction of sp³-hybridized carbons (Fsp3) is 0.0400. The van der Waals surface area contributed by atoms with E-state index in [2.05, 4.69) is 14.4 Å². The van der Waals surface area contributed by atoms with Crippen molar-refractivity contribution >= 4 is 38.3 Å². The molecule has 0 atom stereocenters. The normalized spacial score (nSPS) is 11.6. The van der Waals surface area contributed by atoms with Crippen molar-refractivity contribution in [1.82, 2.24) is 9.72 Å². The molecule has 2 aromatic heterocycles. The molecule has 3 aromatic carbocycles. The second-order valence-electron chi connectivity index (χ2n) is 7.85. The quantitative estimate of drug-likeness (QED) is 0.308. The van der Waals surface area contributed by atoms with Gasteiger partial charge in [-0.25, -0.2) is 17.2 Å². The highest BCUT2D eigenvalue weighted by atomic mass is 35.5. The number of fused-ring (bicyclic) bond motifs is 1. The van der Waals surface area contributed by atoms with Crippen LogP contribution in [0.5, 0.6) is 5.75 Å². The number of ether oxygens (including phenoxy) is 1. The molecule has 0 radical (unpaired) electrons. The van der Waals surface area contributed by atoms with E-state index in [0.717, 1.165) is 12.1 Å². The van der Waals surface area contributed by atoms with Gasteiger partial charge in [-0.3, -0.25) is 14.1 Å². The second-order valence-corrected chi connectivity index (χ2v) is 9.96. The number of sulfonamides is 1. The summed E-state index contributed by atoms with van der Waals surface area (Å²) in [6.07, 6.45) is 1.22. The lowest BCUT2D eigenvalue weighted by atomic mass is 10.0. The van der Waals surface area contributed by atoms with E-state index in [1.807, 2.05) is 0 Å². The Balaban J connectivity index is 1.65. The fourth-order valence-electron chi connectivity index (χ4n) is 3.90. The number of hydrogen-bond donors (Lipinski definition) is 1. The van der Waals surface area contributed by atoms with Crippen LogP contribution in [-0.2, 0) is 10.0 Å². The van der Waals surface area contributed by atoms with Gasteiger partial charge in [-0.2, -0.15) is 0 Å². The van der Waals surface area contributed by atoms with Crippen LogP contribution in [-0.4, -0.2) is 25.3 Å². The maximum Gasteiger partial charge on any atom is 0.263 e. The largest absolute Gasteiger partial charge is 0.495 e. The van der Waals surface area contributed by atoms with Crippen LogP contribution in [0.2, 0.25) is 5.02 Å². The third kappa shape index (κ3) is 4.54. The van der Waals surface area contributed by atoms with Gasteiger partial charge in [0, 0.05) is 39.7 Å². The summed E-state index contributed by atoms with van der Waals surface area (Å²) in [4.78, 5) is 12.8. The van der Waals surface area contributed by atoms with E-state index in [-0.39, 0.29) is 43.8 Å². The Bertz CT molecular complexity index is 1820. The number of aromatic nitrogens is 2. The van der Waals surface area contributed by atoms with Crippen molar-refractivity contribution < 1.29 is 26.5 Å². The molecule has 5 aromatic rings. The Morgan fingerprint density at radius 1 is 0.973 bits per heavy atom. The summed E-state index contributed by atoms with van der Waals surface area (Å²) in [6.45, 7) is 0. The third-order valence-corrected chi connectivity index (χ3v) is 7.17. The second kappa shape index (κ2) is 9.34. The zero-order valence-electron chi connectivity index (χ0n) is 18.9. The van der Waals surface area contributed by atoms with Crippen molar-refractivity contribution in [1.29, 1.82) is 0 Å². The van der Waals surface area contributed by atoms with Gasteiger partial charge < -0.3 is 9.26 Å². The average Bonchev–Trinajstić information content (AvgIpc) is 3.36. The Morgan fingerprint density at radius 2 is 1.76 bits per heavy atom. The van der Waals surface area contributed by atoms with Gasteiger partial charge in [0.2, 0.25) is 0 Å². The molecular formula is C25H16ClF2N3O5S. The van der Waals surface area contributed by atoms with Crippen molar-refractivity contribution in [3.05, 3.63) is 100 Å². The van der Waals surface area contributed by atoms with E-state index in [1.54, 1.807) is 0 Å². The van der Waals surface area contributed by atoms with Gasteiger partial charge in [0.15, 0.2) is 5.82 Å². The molecule has 0 fully saturated rings. The van der Waals surface area contributed by atoms with Crippen molar-refractivity contribution in [2.45, 2.75) is 4.90 Å². The smallest absolute Gasteiger partial charge is 0.263 e. The first-order valence-corrected chi connectivity index (χ1v) is 12.5. The molecule has 37 heavy (non-hydrogen) atoms. The molecule has 5 rings (SSSR count). The average molecular weight is 544 g/mol. The molecule has 0 unspecified atom stereocenters. The zero-order chi connectivity index (χ0) is 26.3. The van der Waals surface area contributed by atoms with Crippen LogP contribution in [0.3, 0.4) is 0 Å². The van der Waals surface area contributed by atoms with Crippen LogP contribution < -0.4 is 15.0 Å². The number of anilines is 1. The van der Waals surface area contributed by atoms with Crippen molar-refractivity contribution in [2.75, 3.05) is 11.8 Å². The molecule has 0 bridgehead atoms. The molecule has 0 aliphatic heterocycles. The number of halogens is 3. The van der Waals surface area contributed by atoms with E-state index in [4.69, 9.17) is 16.3 Å². The van der Waals surface area contributed by atoms with Gasteiger partial charge in [-0.15, -0.1) is 0 Å². The van der Waals surface area contributed by atoms with Crippen LogP contribution in [0.1, 0.15) is 0 Å². The Labute approximate surface area is 213 Å². The van der Waals surface area contributed by atoms with E-state index in [1.165, 1.54) is 72.5 Å². The lowest BCUT2D eigenvalue weighted by Crippen LogP contribution is -2.19. The molecule has 12 heteroatoms. The minimum atomic E-state index is -4.01. The molecule has 0 saturated carbocycles. The van der Waals surface area contributed by atoms with E-state index < -0.39 is 27.2 Å². The Kier molecular flexibility index (Phi) is 6.18. The van der Waals surface area contributed by atoms with Crippen molar-refractivity contribution in [3.8, 4) is 22.6 Å². The van der Waals surface area contributed by atoms with Gasteiger partial charge in [0.1, 0.15) is 23.6 Å². The highest BCUT2D eigenvalue weighted by molar-refractivity contribution is 7.92. The predicted molar refractivity (Wildman–Crippen MR) is 134 cm³/mol. The maximum absolute atomic E-state index is 15.3. The summed E-state index contributed by atoms with van der Waals surface area (Å²) in [5.74, 6) is -1.44. The number of nitrogens with one attached hydrogen (secondary N) is 1. The van der Waals surface area contributed by atoms with Crippen LogP contribution in [0.15, 0.2) is 87.2 Å². The van der Waals surface area contributed by atoms with Crippen LogP contribution >= 0.6 is 11.6 Å².